The van der Waals surface area contributed by atoms with Crippen molar-refractivity contribution in [2.24, 2.45) is 0 Å². The number of carbonyl (C=O) groups is 3. The number of rotatable bonds is 4. The van der Waals surface area contributed by atoms with E-state index in [-0.39, 0.29) is 24.6 Å². The Balaban J connectivity index is 1.68. The predicted octanol–water partition coefficient (Wildman–Crippen LogP) is -0.147. The Hall–Kier alpha value is -2.87. The second kappa shape index (κ2) is 5.97. The molecule has 1 saturated heterocycles. The van der Waals surface area contributed by atoms with Gasteiger partial charge in [0.15, 0.2) is 12.3 Å². The van der Waals surface area contributed by atoms with Gasteiger partial charge in [-0.1, -0.05) is 18.2 Å². The van der Waals surface area contributed by atoms with E-state index in [1.165, 1.54) is 0 Å². The largest absolute Gasteiger partial charge is 0.477 e. The zero-order chi connectivity index (χ0) is 17.4. The van der Waals surface area contributed by atoms with E-state index in [4.69, 9.17) is 10.5 Å². The van der Waals surface area contributed by atoms with Crippen molar-refractivity contribution in [3.8, 4) is 0 Å². The third-order valence-electron chi connectivity index (χ3n) is 4.08. The zero-order valence-electron chi connectivity index (χ0n) is 13.0. The molecule has 0 unspecified atom stereocenters. The number of nitrogens with two attached hydrogens (primary N) is 1. The minimum atomic E-state index is -1.18. The van der Waals surface area contributed by atoms with Gasteiger partial charge in [-0.2, -0.15) is 0 Å². The molecular weight excluding hydrogens is 314 g/mol. The fraction of sp³-hybridized carbons (Fsp3) is 0.312. The molecule has 126 valence electrons. The average molecular weight is 331 g/mol. The van der Waals surface area contributed by atoms with Gasteiger partial charge in [-0.3, -0.25) is 14.5 Å². The first-order valence-electron chi connectivity index (χ1n) is 7.40. The van der Waals surface area contributed by atoms with E-state index in [1.807, 2.05) is 0 Å². The number of aliphatic carboxylic acids is 1. The summed E-state index contributed by atoms with van der Waals surface area (Å²) < 4.78 is 5.47. The topological polar surface area (TPSA) is 122 Å². The molecule has 0 saturated carbocycles. The number of benzene rings is 1. The normalized spacial score (nSPS) is 22.7. The standard InChI is InChI=1S/C16H17N3O5/c1-8-7-24-15-12(14(21)19(15)13(8)16(22)23)18-11(20)6-9-4-2-3-5-10(9)17/h2-5,12,15H,6-7,17H2,1H3,(H,18,20)(H,22,23)/t12-,15-/m1/s1. The minimum Gasteiger partial charge on any atom is -0.477 e. The Kier molecular flexibility index (Phi) is 3.98. The second-order valence-corrected chi connectivity index (χ2v) is 5.76. The van der Waals surface area contributed by atoms with Gasteiger partial charge in [0, 0.05) is 5.69 Å². The van der Waals surface area contributed by atoms with E-state index >= 15 is 0 Å². The number of fused-ring (bicyclic) bond motifs is 1. The Morgan fingerprint density at radius 2 is 2.12 bits per heavy atom. The van der Waals surface area contributed by atoms with Gasteiger partial charge in [0.2, 0.25) is 5.91 Å². The Labute approximate surface area is 137 Å². The van der Waals surface area contributed by atoms with Gasteiger partial charge in [-0.25, -0.2) is 4.79 Å². The smallest absolute Gasteiger partial charge is 0.352 e. The third kappa shape index (κ3) is 2.61. The molecule has 3 rings (SSSR count). The summed E-state index contributed by atoms with van der Waals surface area (Å²) in [6, 6.07) is 6.07. The van der Waals surface area contributed by atoms with Gasteiger partial charge in [-0.05, 0) is 24.1 Å². The number of β-lactam (4-membered cyclic amide) rings is 1. The lowest BCUT2D eigenvalue weighted by atomic mass is 9.98. The van der Waals surface area contributed by atoms with Crippen LogP contribution in [0, 0.1) is 0 Å². The number of anilines is 1. The zero-order valence-corrected chi connectivity index (χ0v) is 13.0. The van der Waals surface area contributed by atoms with Crippen LogP contribution in [0.1, 0.15) is 12.5 Å². The average Bonchev–Trinajstić information content (AvgIpc) is 2.54. The fourth-order valence-electron chi connectivity index (χ4n) is 2.87. The monoisotopic (exact) mass is 331 g/mol. The molecular formula is C16H17N3O5. The van der Waals surface area contributed by atoms with Crippen molar-refractivity contribution >= 4 is 23.5 Å². The Morgan fingerprint density at radius 3 is 2.79 bits per heavy atom. The van der Waals surface area contributed by atoms with Crippen LogP contribution in [0.3, 0.4) is 0 Å². The molecule has 8 nitrogen and oxygen atoms in total. The molecule has 0 spiro atoms. The van der Waals surface area contributed by atoms with Crippen molar-refractivity contribution < 1.29 is 24.2 Å². The fourth-order valence-corrected chi connectivity index (χ4v) is 2.87. The van der Waals surface area contributed by atoms with Crippen molar-refractivity contribution in [1.82, 2.24) is 10.2 Å². The summed E-state index contributed by atoms with van der Waals surface area (Å²) in [5, 5.41) is 11.8. The molecule has 0 bridgehead atoms. The number of ether oxygens (including phenoxy) is 1. The number of hydrogen-bond donors (Lipinski definition) is 3. The van der Waals surface area contributed by atoms with Crippen LogP contribution in [0.4, 0.5) is 5.69 Å². The number of nitrogens with one attached hydrogen (secondary N) is 1. The Bertz CT molecular complexity index is 758. The first-order valence-corrected chi connectivity index (χ1v) is 7.40. The highest BCUT2D eigenvalue weighted by Gasteiger charge is 2.54. The lowest BCUT2D eigenvalue weighted by Gasteiger charge is -2.49. The highest BCUT2D eigenvalue weighted by molar-refractivity contribution is 6.01. The number of amides is 2. The van der Waals surface area contributed by atoms with E-state index in [0.717, 1.165) is 4.90 Å². The highest BCUT2D eigenvalue weighted by Crippen LogP contribution is 2.32. The summed E-state index contributed by atoms with van der Waals surface area (Å²) >= 11 is 0. The van der Waals surface area contributed by atoms with Gasteiger partial charge >= 0.3 is 5.97 Å². The third-order valence-corrected chi connectivity index (χ3v) is 4.08. The lowest BCUT2D eigenvalue weighted by molar-refractivity contribution is -0.184. The molecule has 24 heavy (non-hydrogen) atoms. The van der Waals surface area contributed by atoms with Crippen molar-refractivity contribution in [1.29, 1.82) is 0 Å². The van der Waals surface area contributed by atoms with E-state index in [1.54, 1.807) is 31.2 Å². The molecule has 2 amide bonds. The number of hydrogen-bond acceptors (Lipinski definition) is 5. The molecule has 4 N–H and O–H groups in total. The molecule has 1 aromatic rings. The van der Waals surface area contributed by atoms with Crippen molar-refractivity contribution in [2.75, 3.05) is 12.3 Å². The van der Waals surface area contributed by atoms with Crippen molar-refractivity contribution in [2.45, 2.75) is 25.6 Å². The molecule has 2 atom stereocenters. The van der Waals surface area contributed by atoms with E-state index in [9.17, 15) is 19.5 Å². The van der Waals surface area contributed by atoms with Gasteiger partial charge in [0.05, 0.1) is 13.0 Å². The first-order chi connectivity index (χ1) is 11.4. The van der Waals surface area contributed by atoms with Crippen LogP contribution in [0.25, 0.3) is 0 Å². The maximum absolute atomic E-state index is 12.2. The van der Waals surface area contributed by atoms with Crippen molar-refractivity contribution in [3.05, 3.63) is 41.1 Å². The molecule has 1 fully saturated rings. The molecule has 0 aliphatic carbocycles. The van der Waals surface area contributed by atoms with Gasteiger partial charge in [-0.15, -0.1) is 0 Å². The highest BCUT2D eigenvalue weighted by atomic mass is 16.5. The number of carboxylic acid groups (broad SMARTS) is 1. The number of nitrogen functional groups attached to an aromatic ring is 1. The summed E-state index contributed by atoms with van der Waals surface area (Å²) in [5.74, 6) is -2.06. The van der Waals surface area contributed by atoms with E-state index in [0.29, 0.717) is 16.8 Å². The molecule has 1 aromatic carbocycles. The second-order valence-electron chi connectivity index (χ2n) is 5.76. The summed E-state index contributed by atoms with van der Waals surface area (Å²) in [6.07, 6.45) is -0.756. The SMILES string of the molecule is CC1=C(C(=O)O)N2C(=O)[C@@H](NC(=O)Cc3ccccc3N)[C@H]2OC1. The van der Waals surface area contributed by atoms with Crippen LogP contribution in [-0.4, -0.2) is 46.7 Å². The quantitative estimate of drug-likeness (QED) is 0.521. The van der Waals surface area contributed by atoms with Crippen molar-refractivity contribution in [3.63, 3.8) is 0 Å². The maximum atomic E-state index is 12.2. The van der Waals surface area contributed by atoms with E-state index in [2.05, 4.69) is 5.32 Å². The summed E-state index contributed by atoms with van der Waals surface area (Å²) in [5.41, 5.74) is 7.34. The van der Waals surface area contributed by atoms with Crippen LogP contribution >= 0.6 is 0 Å². The summed E-state index contributed by atoms with van der Waals surface area (Å²) in [4.78, 5) is 36.7. The first kappa shape index (κ1) is 16.0. The van der Waals surface area contributed by atoms with Gasteiger partial charge in [0.1, 0.15) is 5.70 Å². The van der Waals surface area contributed by atoms with Crippen LogP contribution in [0.5, 0.6) is 0 Å². The molecule has 0 aromatic heterocycles. The van der Waals surface area contributed by atoms with Gasteiger partial charge in [0.25, 0.3) is 5.91 Å². The molecule has 8 heteroatoms. The molecule has 2 heterocycles. The lowest BCUT2D eigenvalue weighted by Crippen LogP contribution is -2.73. The number of carboxylic acids is 1. The van der Waals surface area contributed by atoms with Gasteiger partial charge < -0.3 is 20.9 Å². The Morgan fingerprint density at radius 1 is 1.42 bits per heavy atom. The maximum Gasteiger partial charge on any atom is 0.352 e. The molecule has 2 aliphatic heterocycles. The van der Waals surface area contributed by atoms with Crippen LogP contribution in [0.2, 0.25) is 0 Å². The molecule has 2 aliphatic rings. The summed E-state index contributed by atoms with van der Waals surface area (Å²) in [7, 11) is 0. The van der Waals surface area contributed by atoms with Crippen LogP contribution in [-0.2, 0) is 25.5 Å². The number of nitrogens with zero attached hydrogens (tertiary/aromatic N) is 1. The summed E-state index contributed by atoms with van der Waals surface area (Å²) in [6.45, 7) is 1.70. The minimum absolute atomic E-state index is 0.0316. The molecule has 0 radical (unpaired) electrons. The van der Waals surface area contributed by atoms with Crippen LogP contribution < -0.4 is 11.1 Å². The van der Waals surface area contributed by atoms with Crippen LogP contribution in [0.15, 0.2) is 35.5 Å². The number of para-hydroxylation sites is 1. The number of carbonyl (C=O) groups excluding carboxylic acids is 2. The van der Waals surface area contributed by atoms with E-state index < -0.39 is 24.1 Å². The predicted molar refractivity (Wildman–Crippen MR) is 83.4 cm³/mol.